The molecule has 0 radical (unpaired) electrons. The van der Waals surface area contributed by atoms with E-state index in [-0.39, 0.29) is 0 Å². The van der Waals surface area contributed by atoms with Crippen LogP contribution in [-0.2, 0) is 0 Å². The molecule has 1 fully saturated rings. The lowest BCUT2D eigenvalue weighted by atomic mass is 10.2. The van der Waals surface area contributed by atoms with Crippen molar-refractivity contribution in [2.75, 3.05) is 23.8 Å². The van der Waals surface area contributed by atoms with Crippen LogP contribution in [0.2, 0.25) is 0 Å². The van der Waals surface area contributed by atoms with Crippen LogP contribution in [0.4, 0.5) is 11.8 Å². The Kier molecular flexibility index (Phi) is 3.67. The molecule has 0 aliphatic carbocycles. The first-order chi connectivity index (χ1) is 9.83. The Morgan fingerprint density at radius 1 is 1.25 bits per heavy atom. The smallest absolute Gasteiger partial charge is 0.221 e. The quantitative estimate of drug-likeness (QED) is 0.921. The molecular weight excluding hydrogens is 252 g/mol. The highest BCUT2D eigenvalue weighted by atomic mass is 16.5. The second-order valence-electron chi connectivity index (χ2n) is 4.89. The summed E-state index contributed by atoms with van der Waals surface area (Å²) >= 11 is 0. The summed E-state index contributed by atoms with van der Waals surface area (Å²) in [6.45, 7) is 1.65. The maximum Gasteiger partial charge on any atom is 0.221 e. The molecule has 5 nitrogen and oxygen atoms in total. The highest BCUT2D eigenvalue weighted by Crippen LogP contribution is 2.24. The largest absolute Gasteiger partial charge is 0.491 e. The molecule has 0 unspecified atom stereocenters. The number of ether oxygens (including phenoxy) is 1. The van der Waals surface area contributed by atoms with Crippen molar-refractivity contribution in [3.8, 4) is 5.75 Å². The van der Waals surface area contributed by atoms with Gasteiger partial charge >= 0.3 is 0 Å². The molecule has 3 rings (SSSR count). The topological polar surface area (TPSA) is 64.3 Å². The van der Waals surface area contributed by atoms with Gasteiger partial charge in [0, 0.05) is 12.7 Å². The summed E-state index contributed by atoms with van der Waals surface area (Å²) in [5.74, 6) is 2.11. The summed E-state index contributed by atoms with van der Waals surface area (Å²) < 4.78 is 5.86. The van der Waals surface area contributed by atoms with Gasteiger partial charge in [-0.25, -0.2) is 4.98 Å². The molecule has 1 aliphatic rings. The monoisotopic (exact) mass is 270 g/mol. The molecule has 2 N–H and O–H groups in total. The van der Waals surface area contributed by atoms with E-state index in [0.717, 1.165) is 31.0 Å². The standard InChI is InChI=1S/C15H18N4O/c16-15-17-9-8-14(18-15)19-10-4-5-12(19)11-20-13-6-2-1-3-7-13/h1-3,6-9,12H,4-5,10-11H2,(H2,16,17,18)/t12-/m1/s1. The fraction of sp³-hybridized carbons (Fsp3) is 0.333. The van der Waals surface area contributed by atoms with Gasteiger partial charge in [-0.2, -0.15) is 4.98 Å². The van der Waals surface area contributed by atoms with Crippen LogP contribution in [0.1, 0.15) is 12.8 Å². The number of nitrogen functional groups attached to an aromatic ring is 1. The van der Waals surface area contributed by atoms with Crippen LogP contribution in [0.5, 0.6) is 5.75 Å². The molecule has 1 atom stereocenters. The number of nitrogens with zero attached hydrogens (tertiary/aromatic N) is 3. The van der Waals surface area contributed by atoms with Gasteiger partial charge in [0.25, 0.3) is 0 Å². The van der Waals surface area contributed by atoms with Crippen LogP contribution >= 0.6 is 0 Å². The highest BCUT2D eigenvalue weighted by molar-refractivity contribution is 5.43. The number of hydrogen-bond donors (Lipinski definition) is 1. The minimum absolute atomic E-state index is 0.317. The lowest BCUT2D eigenvalue weighted by Gasteiger charge is -2.25. The van der Waals surface area contributed by atoms with Crippen molar-refractivity contribution in [3.63, 3.8) is 0 Å². The molecular formula is C15H18N4O. The predicted octanol–water partition coefficient (Wildman–Crippen LogP) is 2.11. The predicted molar refractivity (Wildman–Crippen MR) is 78.7 cm³/mol. The number of anilines is 2. The first-order valence-electron chi connectivity index (χ1n) is 6.86. The van der Waals surface area contributed by atoms with E-state index in [1.165, 1.54) is 0 Å². The van der Waals surface area contributed by atoms with Gasteiger partial charge in [0.05, 0.1) is 6.04 Å². The second kappa shape index (κ2) is 5.77. The Morgan fingerprint density at radius 2 is 2.10 bits per heavy atom. The lowest BCUT2D eigenvalue weighted by molar-refractivity contribution is 0.288. The van der Waals surface area contributed by atoms with Crippen molar-refractivity contribution < 1.29 is 4.74 Å². The fourth-order valence-corrected chi connectivity index (χ4v) is 2.54. The van der Waals surface area contributed by atoms with Gasteiger partial charge in [0.2, 0.25) is 5.95 Å². The Labute approximate surface area is 118 Å². The summed E-state index contributed by atoms with van der Waals surface area (Å²) in [7, 11) is 0. The van der Waals surface area contributed by atoms with Gasteiger partial charge in [-0.1, -0.05) is 18.2 Å². The first kappa shape index (κ1) is 12.7. The average molecular weight is 270 g/mol. The molecule has 5 heteroatoms. The van der Waals surface area contributed by atoms with Gasteiger partial charge in [-0.15, -0.1) is 0 Å². The molecule has 0 bridgehead atoms. The maximum absolute atomic E-state index is 5.86. The van der Waals surface area contributed by atoms with Gasteiger partial charge in [0.15, 0.2) is 0 Å². The van der Waals surface area contributed by atoms with Crippen LogP contribution in [0.15, 0.2) is 42.6 Å². The summed E-state index contributed by atoms with van der Waals surface area (Å²) in [6.07, 6.45) is 3.95. The van der Waals surface area contributed by atoms with Gasteiger partial charge in [-0.3, -0.25) is 0 Å². The van der Waals surface area contributed by atoms with Crippen molar-refractivity contribution in [2.24, 2.45) is 0 Å². The third kappa shape index (κ3) is 2.82. The molecule has 1 aliphatic heterocycles. The zero-order chi connectivity index (χ0) is 13.8. The maximum atomic E-state index is 5.86. The van der Waals surface area contributed by atoms with Crippen molar-refractivity contribution in [1.29, 1.82) is 0 Å². The van der Waals surface area contributed by atoms with Crippen molar-refractivity contribution >= 4 is 11.8 Å². The summed E-state index contributed by atoms with van der Waals surface area (Å²) in [4.78, 5) is 10.5. The summed E-state index contributed by atoms with van der Waals surface area (Å²) in [5, 5.41) is 0. The first-order valence-corrected chi connectivity index (χ1v) is 6.86. The summed E-state index contributed by atoms with van der Waals surface area (Å²) in [5.41, 5.74) is 5.66. The minimum atomic E-state index is 0.317. The Hall–Kier alpha value is -2.30. The minimum Gasteiger partial charge on any atom is -0.491 e. The van der Waals surface area contributed by atoms with E-state index in [1.54, 1.807) is 6.20 Å². The van der Waals surface area contributed by atoms with Gasteiger partial charge < -0.3 is 15.4 Å². The molecule has 0 saturated carbocycles. The molecule has 0 amide bonds. The van der Waals surface area contributed by atoms with Crippen LogP contribution in [0.25, 0.3) is 0 Å². The molecule has 1 aromatic carbocycles. The molecule has 20 heavy (non-hydrogen) atoms. The van der Waals surface area contributed by atoms with Gasteiger partial charge in [0.1, 0.15) is 18.2 Å². The van der Waals surface area contributed by atoms with E-state index in [9.17, 15) is 0 Å². The number of rotatable bonds is 4. The number of para-hydroxylation sites is 1. The van der Waals surface area contributed by atoms with E-state index < -0.39 is 0 Å². The van der Waals surface area contributed by atoms with E-state index >= 15 is 0 Å². The number of hydrogen-bond acceptors (Lipinski definition) is 5. The SMILES string of the molecule is Nc1nccc(N2CCC[C@@H]2COc2ccccc2)n1. The Bertz CT molecular complexity index is 561. The fourth-order valence-electron chi connectivity index (χ4n) is 2.54. The van der Waals surface area contributed by atoms with Crippen molar-refractivity contribution in [2.45, 2.75) is 18.9 Å². The second-order valence-corrected chi connectivity index (χ2v) is 4.89. The van der Waals surface area contributed by atoms with Crippen LogP contribution in [0, 0.1) is 0 Å². The van der Waals surface area contributed by atoms with Gasteiger partial charge in [-0.05, 0) is 31.0 Å². The van der Waals surface area contributed by atoms with E-state index in [0.29, 0.717) is 18.6 Å². The number of benzene rings is 1. The van der Waals surface area contributed by atoms with E-state index in [4.69, 9.17) is 10.5 Å². The van der Waals surface area contributed by atoms with Crippen LogP contribution in [0.3, 0.4) is 0 Å². The number of aromatic nitrogens is 2. The van der Waals surface area contributed by atoms with Crippen molar-refractivity contribution in [3.05, 3.63) is 42.6 Å². The third-order valence-electron chi connectivity index (χ3n) is 3.52. The van der Waals surface area contributed by atoms with E-state index in [1.807, 2.05) is 36.4 Å². The zero-order valence-corrected chi connectivity index (χ0v) is 11.3. The average Bonchev–Trinajstić information content (AvgIpc) is 2.95. The van der Waals surface area contributed by atoms with Crippen LogP contribution < -0.4 is 15.4 Å². The molecule has 1 saturated heterocycles. The third-order valence-corrected chi connectivity index (χ3v) is 3.52. The van der Waals surface area contributed by atoms with E-state index in [2.05, 4.69) is 14.9 Å². The zero-order valence-electron chi connectivity index (χ0n) is 11.3. The van der Waals surface area contributed by atoms with Crippen LogP contribution in [-0.4, -0.2) is 29.2 Å². The Balaban J connectivity index is 1.67. The molecule has 0 spiro atoms. The molecule has 104 valence electrons. The molecule has 2 aromatic rings. The molecule has 1 aromatic heterocycles. The highest BCUT2D eigenvalue weighted by Gasteiger charge is 2.26. The number of nitrogens with two attached hydrogens (primary N) is 1. The lowest BCUT2D eigenvalue weighted by Crippen LogP contribution is -2.34. The molecule has 2 heterocycles. The van der Waals surface area contributed by atoms with Crippen molar-refractivity contribution in [1.82, 2.24) is 9.97 Å². The Morgan fingerprint density at radius 3 is 2.90 bits per heavy atom. The normalized spacial score (nSPS) is 18.2. The summed E-state index contributed by atoms with van der Waals surface area (Å²) in [6, 6.07) is 12.1.